The van der Waals surface area contributed by atoms with Crippen molar-refractivity contribution in [1.82, 2.24) is 15.5 Å². The highest BCUT2D eigenvalue weighted by Crippen LogP contribution is 2.32. The number of halogens is 1. The van der Waals surface area contributed by atoms with Gasteiger partial charge in [0.25, 0.3) is 0 Å². The van der Waals surface area contributed by atoms with E-state index in [1.807, 2.05) is 13.1 Å². The molecule has 0 fully saturated rings. The molecule has 0 bridgehead atoms. The lowest BCUT2D eigenvalue weighted by atomic mass is 10.2. The van der Waals surface area contributed by atoms with Crippen LogP contribution in [0.3, 0.4) is 0 Å². The number of aromatic amines is 1. The number of aromatic nitrogens is 2. The summed E-state index contributed by atoms with van der Waals surface area (Å²) < 4.78 is 1.13. The van der Waals surface area contributed by atoms with Crippen LogP contribution in [0, 0.1) is 6.92 Å². The summed E-state index contributed by atoms with van der Waals surface area (Å²) >= 11 is 5.16. The van der Waals surface area contributed by atoms with Gasteiger partial charge in [0, 0.05) is 12.1 Å². The normalized spacial score (nSPS) is 10.9. The number of H-pyrrole nitrogens is 1. The van der Waals surface area contributed by atoms with Gasteiger partial charge in [0.15, 0.2) is 0 Å². The Labute approximate surface area is 101 Å². The van der Waals surface area contributed by atoms with Gasteiger partial charge in [-0.1, -0.05) is 0 Å². The van der Waals surface area contributed by atoms with E-state index in [1.54, 1.807) is 11.3 Å². The van der Waals surface area contributed by atoms with Crippen molar-refractivity contribution >= 4 is 27.3 Å². The molecule has 2 aromatic heterocycles. The maximum atomic E-state index is 4.34. The third-order valence-corrected chi connectivity index (χ3v) is 3.90. The van der Waals surface area contributed by atoms with E-state index in [-0.39, 0.29) is 0 Å². The lowest BCUT2D eigenvalue weighted by Gasteiger charge is -1.97. The first-order valence-electron chi connectivity index (χ1n) is 4.66. The highest BCUT2D eigenvalue weighted by Gasteiger charge is 2.11. The first-order valence-corrected chi connectivity index (χ1v) is 6.27. The highest BCUT2D eigenvalue weighted by molar-refractivity contribution is 9.11. The van der Waals surface area contributed by atoms with Crippen LogP contribution >= 0.6 is 27.3 Å². The molecule has 5 heteroatoms. The van der Waals surface area contributed by atoms with Crippen LogP contribution in [-0.2, 0) is 6.54 Å². The molecule has 2 N–H and O–H groups in total. The highest BCUT2D eigenvalue weighted by atomic mass is 79.9. The Bertz CT molecular complexity index is 461. The summed E-state index contributed by atoms with van der Waals surface area (Å²) in [5.74, 6) is 0. The fraction of sp³-hybridized carbons (Fsp3) is 0.300. The average Bonchev–Trinajstić information content (AvgIpc) is 2.76. The molecule has 0 unspecified atom stereocenters. The molecule has 0 aliphatic rings. The van der Waals surface area contributed by atoms with Crippen LogP contribution in [0.4, 0.5) is 0 Å². The fourth-order valence-corrected chi connectivity index (χ4v) is 2.90. The van der Waals surface area contributed by atoms with Crippen molar-refractivity contribution in [2.45, 2.75) is 13.5 Å². The Morgan fingerprint density at radius 1 is 1.53 bits per heavy atom. The lowest BCUT2D eigenvalue weighted by molar-refractivity contribution is 0.779. The van der Waals surface area contributed by atoms with Crippen molar-refractivity contribution in [3.8, 4) is 10.6 Å². The number of thiophene rings is 1. The molecule has 2 aromatic rings. The molecule has 0 saturated carbocycles. The molecule has 2 heterocycles. The zero-order valence-electron chi connectivity index (χ0n) is 8.60. The summed E-state index contributed by atoms with van der Waals surface area (Å²) in [6, 6.07) is 4.13. The maximum absolute atomic E-state index is 4.34. The fourth-order valence-electron chi connectivity index (χ4n) is 1.46. The molecule has 2 rings (SSSR count). The van der Waals surface area contributed by atoms with E-state index in [0.29, 0.717) is 0 Å². The minimum absolute atomic E-state index is 0.825. The molecule has 0 saturated heterocycles. The summed E-state index contributed by atoms with van der Waals surface area (Å²) in [7, 11) is 1.93. The summed E-state index contributed by atoms with van der Waals surface area (Å²) in [4.78, 5) is 1.19. The number of rotatable bonds is 3. The van der Waals surface area contributed by atoms with Gasteiger partial charge >= 0.3 is 0 Å². The number of hydrogen-bond acceptors (Lipinski definition) is 3. The summed E-state index contributed by atoms with van der Waals surface area (Å²) in [6.07, 6.45) is 0. The topological polar surface area (TPSA) is 40.7 Å². The molecule has 3 nitrogen and oxygen atoms in total. The first-order chi connectivity index (χ1) is 7.22. The molecular weight excluding hydrogens is 274 g/mol. The average molecular weight is 286 g/mol. The van der Waals surface area contributed by atoms with E-state index in [2.05, 4.69) is 44.4 Å². The smallest absolute Gasteiger partial charge is 0.105 e. The predicted octanol–water partition coefficient (Wildman–Crippen LogP) is 2.93. The van der Waals surface area contributed by atoms with Gasteiger partial charge < -0.3 is 5.32 Å². The third kappa shape index (κ3) is 2.14. The van der Waals surface area contributed by atoms with E-state index >= 15 is 0 Å². The number of nitrogens with one attached hydrogen (secondary N) is 2. The summed E-state index contributed by atoms with van der Waals surface area (Å²) in [5.41, 5.74) is 3.42. The van der Waals surface area contributed by atoms with Crippen LogP contribution in [0.2, 0.25) is 0 Å². The van der Waals surface area contributed by atoms with Crippen LogP contribution in [0.1, 0.15) is 11.3 Å². The van der Waals surface area contributed by atoms with Crippen molar-refractivity contribution < 1.29 is 0 Å². The molecule has 0 aliphatic heterocycles. The SMILES string of the molecule is CNCc1[nH]nc(-c2ccc(Br)s2)c1C. The molecule has 0 amide bonds. The quantitative estimate of drug-likeness (QED) is 0.910. The maximum Gasteiger partial charge on any atom is 0.105 e. The third-order valence-electron chi connectivity index (χ3n) is 2.27. The molecular formula is C10H12BrN3S. The van der Waals surface area contributed by atoms with Gasteiger partial charge in [-0.05, 0) is 42.0 Å². The minimum atomic E-state index is 0.825. The second-order valence-electron chi connectivity index (χ2n) is 3.31. The predicted molar refractivity (Wildman–Crippen MR) is 67.1 cm³/mol. The van der Waals surface area contributed by atoms with E-state index < -0.39 is 0 Å². The summed E-state index contributed by atoms with van der Waals surface area (Å²) in [6.45, 7) is 2.92. The van der Waals surface area contributed by atoms with Crippen molar-refractivity contribution in [2.24, 2.45) is 0 Å². The molecule has 0 spiro atoms. The van der Waals surface area contributed by atoms with E-state index in [9.17, 15) is 0 Å². The molecule has 0 radical (unpaired) electrons. The van der Waals surface area contributed by atoms with Gasteiger partial charge in [-0.25, -0.2) is 0 Å². The second-order valence-corrected chi connectivity index (χ2v) is 5.77. The first kappa shape index (κ1) is 10.9. The van der Waals surface area contributed by atoms with Crippen LogP contribution in [0.25, 0.3) is 10.6 Å². The van der Waals surface area contributed by atoms with Gasteiger partial charge in [0.2, 0.25) is 0 Å². The van der Waals surface area contributed by atoms with E-state index in [4.69, 9.17) is 0 Å². The van der Waals surface area contributed by atoms with Gasteiger partial charge in [-0.3, -0.25) is 5.10 Å². The number of nitrogens with zero attached hydrogens (tertiary/aromatic N) is 1. The Balaban J connectivity index is 2.37. The number of hydrogen-bond donors (Lipinski definition) is 2. The molecule has 80 valence electrons. The standard InChI is InChI=1S/C10H12BrN3S/c1-6-7(5-12-2)13-14-10(6)8-3-4-9(11)15-8/h3-4,12H,5H2,1-2H3,(H,13,14). The van der Waals surface area contributed by atoms with Crippen LogP contribution in [-0.4, -0.2) is 17.2 Å². The van der Waals surface area contributed by atoms with Crippen LogP contribution in [0.15, 0.2) is 15.9 Å². The van der Waals surface area contributed by atoms with Crippen molar-refractivity contribution in [2.75, 3.05) is 7.05 Å². The van der Waals surface area contributed by atoms with E-state index in [1.165, 1.54) is 10.4 Å². The van der Waals surface area contributed by atoms with Gasteiger partial charge in [0.05, 0.1) is 14.4 Å². The second kappa shape index (κ2) is 4.47. The minimum Gasteiger partial charge on any atom is -0.314 e. The Kier molecular flexibility index (Phi) is 3.23. The largest absolute Gasteiger partial charge is 0.314 e. The Morgan fingerprint density at radius 3 is 2.93 bits per heavy atom. The van der Waals surface area contributed by atoms with Crippen molar-refractivity contribution in [1.29, 1.82) is 0 Å². The zero-order chi connectivity index (χ0) is 10.8. The van der Waals surface area contributed by atoms with Crippen molar-refractivity contribution in [3.63, 3.8) is 0 Å². The molecule has 0 atom stereocenters. The molecule has 15 heavy (non-hydrogen) atoms. The molecule has 0 aliphatic carbocycles. The van der Waals surface area contributed by atoms with Gasteiger partial charge in [-0.2, -0.15) is 5.10 Å². The summed E-state index contributed by atoms with van der Waals surface area (Å²) in [5, 5.41) is 10.5. The van der Waals surface area contributed by atoms with Crippen LogP contribution < -0.4 is 5.32 Å². The van der Waals surface area contributed by atoms with Gasteiger partial charge in [0.1, 0.15) is 5.69 Å². The van der Waals surface area contributed by atoms with Crippen molar-refractivity contribution in [3.05, 3.63) is 27.2 Å². The van der Waals surface area contributed by atoms with E-state index in [0.717, 1.165) is 21.7 Å². The van der Waals surface area contributed by atoms with Gasteiger partial charge in [-0.15, -0.1) is 11.3 Å². The Hall–Kier alpha value is -0.650. The monoisotopic (exact) mass is 285 g/mol. The Morgan fingerprint density at radius 2 is 2.33 bits per heavy atom. The molecule has 0 aromatic carbocycles. The lowest BCUT2D eigenvalue weighted by Crippen LogP contribution is -2.06. The van der Waals surface area contributed by atoms with Crippen LogP contribution in [0.5, 0.6) is 0 Å². The zero-order valence-corrected chi connectivity index (χ0v) is 11.0.